The molecule has 0 radical (unpaired) electrons. The van der Waals surface area contributed by atoms with E-state index in [1.165, 1.54) is 42.6 Å². The molecule has 3 nitrogen and oxygen atoms in total. The molecule has 1 aromatic heterocycles. The van der Waals surface area contributed by atoms with E-state index < -0.39 is 0 Å². The van der Waals surface area contributed by atoms with Gasteiger partial charge in [-0.1, -0.05) is 12.8 Å². The number of nitrogens with one attached hydrogen (secondary N) is 1. The maximum atomic E-state index is 5.61. The van der Waals surface area contributed by atoms with Crippen LogP contribution >= 0.6 is 0 Å². The molecule has 78 valence electrons. The Morgan fingerprint density at radius 2 is 2.14 bits per heavy atom. The smallest absolute Gasteiger partial charge is 0.0688 e. The maximum absolute atomic E-state index is 5.61. The van der Waals surface area contributed by atoms with Gasteiger partial charge in [-0.05, 0) is 38.3 Å². The first-order valence-corrected chi connectivity index (χ1v) is 5.56. The van der Waals surface area contributed by atoms with Crippen LogP contribution in [0.3, 0.4) is 0 Å². The minimum absolute atomic E-state index is 0.696. The summed E-state index contributed by atoms with van der Waals surface area (Å²) >= 11 is 0. The SMILES string of the molecule is Cc1[nH]nc(C2CCCC2)c1CCN. The third-order valence-electron chi connectivity index (χ3n) is 3.24. The quantitative estimate of drug-likeness (QED) is 0.770. The van der Waals surface area contributed by atoms with Crippen molar-refractivity contribution in [2.75, 3.05) is 6.54 Å². The van der Waals surface area contributed by atoms with Gasteiger partial charge in [-0.15, -0.1) is 0 Å². The average Bonchev–Trinajstić information content (AvgIpc) is 2.77. The van der Waals surface area contributed by atoms with Gasteiger partial charge in [0, 0.05) is 11.6 Å². The van der Waals surface area contributed by atoms with E-state index in [1.54, 1.807) is 0 Å². The first kappa shape index (κ1) is 9.71. The van der Waals surface area contributed by atoms with Gasteiger partial charge >= 0.3 is 0 Å². The van der Waals surface area contributed by atoms with Gasteiger partial charge in [0.15, 0.2) is 0 Å². The zero-order chi connectivity index (χ0) is 9.97. The Kier molecular flexibility index (Phi) is 2.87. The number of nitrogens with zero attached hydrogens (tertiary/aromatic N) is 1. The molecule has 0 bridgehead atoms. The molecular formula is C11H19N3. The summed E-state index contributed by atoms with van der Waals surface area (Å²) in [7, 11) is 0. The van der Waals surface area contributed by atoms with Crippen LogP contribution < -0.4 is 5.73 Å². The van der Waals surface area contributed by atoms with Gasteiger partial charge in [0.05, 0.1) is 5.69 Å². The standard InChI is InChI=1S/C11H19N3/c1-8-10(6-7-12)11(14-13-8)9-4-2-3-5-9/h9H,2-7,12H2,1H3,(H,13,14). The molecule has 0 aromatic carbocycles. The molecule has 0 amide bonds. The normalized spacial score (nSPS) is 17.9. The van der Waals surface area contributed by atoms with E-state index in [2.05, 4.69) is 17.1 Å². The molecule has 3 N–H and O–H groups in total. The summed E-state index contributed by atoms with van der Waals surface area (Å²) in [6.07, 6.45) is 6.30. The van der Waals surface area contributed by atoms with Crippen LogP contribution in [0, 0.1) is 6.92 Å². The second-order valence-corrected chi connectivity index (χ2v) is 4.23. The van der Waals surface area contributed by atoms with Crippen molar-refractivity contribution >= 4 is 0 Å². The van der Waals surface area contributed by atoms with Crippen LogP contribution in [0.25, 0.3) is 0 Å². The number of aryl methyl sites for hydroxylation is 1. The molecule has 0 spiro atoms. The van der Waals surface area contributed by atoms with Crippen LogP contribution in [0.15, 0.2) is 0 Å². The van der Waals surface area contributed by atoms with E-state index in [9.17, 15) is 0 Å². The number of nitrogens with two attached hydrogens (primary N) is 1. The van der Waals surface area contributed by atoms with E-state index in [0.29, 0.717) is 5.92 Å². The molecule has 0 aliphatic heterocycles. The highest BCUT2D eigenvalue weighted by Gasteiger charge is 2.22. The summed E-state index contributed by atoms with van der Waals surface area (Å²) in [4.78, 5) is 0. The topological polar surface area (TPSA) is 54.7 Å². The lowest BCUT2D eigenvalue weighted by molar-refractivity contribution is 0.683. The lowest BCUT2D eigenvalue weighted by Crippen LogP contribution is -2.06. The monoisotopic (exact) mass is 193 g/mol. The Bertz CT molecular complexity index is 297. The van der Waals surface area contributed by atoms with E-state index in [0.717, 1.165) is 13.0 Å². The molecule has 1 aliphatic rings. The summed E-state index contributed by atoms with van der Waals surface area (Å²) in [5.41, 5.74) is 9.49. The van der Waals surface area contributed by atoms with Crippen molar-refractivity contribution in [3.05, 3.63) is 17.0 Å². The minimum Gasteiger partial charge on any atom is -0.330 e. The fourth-order valence-corrected chi connectivity index (χ4v) is 2.47. The first-order valence-electron chi connectivity index (χ1n) is 5.56. The van der Waals surface area contributed by atoms with Crippen molar-refractivity contribution in [3.63, 3.8) is 0 Å². The van der Waals surface area contributed by atoms with Crippen LogP contribution in [-0.4, -0.2) is 16.7 Å². The van der Waals surface area contributed by atoms with Crippen molar-refractivity contribution in [2.45, 2.75) is 44.9 Å². The highest BCUT2D eigenvalue weighted by Crippen LogP contribution is 2.35. The lowest BCUT2D eigenvalue weighted by atomic mass is 9.97. The van der Waals surface area contributed by atoms with Crippen LogP contribution in [0.2, 0.25) is 0 Å². The molecule has 0 saturated heterocycles. The average molecular weight is 193 g/mol. The van der Waals surface area contributed by atoms with E-state index >= 15 is 0 Å². The van der Waals surface area contributed by atoms with E-state index in [4.69, 9.17) is 5.73 Å². The van der Waals surface area contributed by atoms with Gasteiger partial charge in [-0.2, -0.15) is 5.10 Å². The van der Waals surface area contributed by atoms with Crippen LogP contribution in [0.4, 0.5) is 0 Å². The largest absolute Gasteiger partial charge is 0.330 e. The molecule has 1 heterocycles. The molecule has 2 rings (SSSR count). The zero-order valence-electron chi connectivity index (χ0n) is 8.84. The van der Waals surface area contributed by atoms with Crippen LogP contribution in [0.1, 0.15) is 48.6 Å². The second kappa shape index (κ2) is 4.13. The number of hydrogen-bond donors (Lipinski definition) is 2. The Hall–Kier alpha value is -0.830. The lowest BCUT2D eigenvalue weighted by Gasteiger charge is -2.08. The summed E-state index contributed by atoms with van der Waals surface area (Å²) in [5.74, 6) is 0.696. The fourth-order valence-electron chi connectivity index (χ4n) is 2.47. The predicted molar refractivity (Wildman–Crippen MR) is 57.3 cm³/mol. The van der Waals surface area contributed by atoms with Crippen molar-refractivity contribution in [1.82, 2.24) is 10.2 Å². The summed E-state index contributed by atoms with van der Waals surface area (Å²) < 4.78 is 0. The van der Waals surface area contributed by atoms with Crippen molar-refractivity contribution < 1.29 is 0 Å². The van der Waals surface area contributed by atoms with E-state index in [-0.39, 0.29) is 0 Å². The third kappa shape index (κ3) is 1.69. The van der Waals surface area contributed by atoms with Gasteiger partial charge in [0.2, 0.25) is 0 Å². The van der Waals surface area contributed by atoms with Gasteiger partial charge in [0.1, 0.15) is 0 Å². The van der Waals surface area contributed by atoms with Gasteiger partial charge in [-0.3, -0.25) is 5.10 Å². The van der Waals surface area contributed by atoms with Crippen molar-refractivity contribution in [3.8, 4) is 0 Å². The van der Waals surface area contributed by atoms with Crippen molar-refractivity contribution in [2.24, 2.45) is 5.73 Å². The van der Waals surface area contributed by atoms with Gasteiger partial charge in [0.25, 0.3) is 0 Å². The molecule has 1 aromatic rings. The Labute approximate surface area is 85.1 Å². The molecule has 3 heteroatoms. The number of rotatable bonds is 3. The molecule has 14 heavy (non-hydrogen) atoms. The molecule has 1 saturated carbocycles. The Balaban J connectivity index is 2.22. The third-order valence-corrected chi connectivity index (χ3v) is 3.24. The van der Waals surface area contributed by atoms with Gasteiger partial charge in [-0.25, -0.2) is 0 Å². The number of aromatic amines is 1. The number of hydrogen-bond acceptors (Lipinski definition) is 2. The van der Waals surface area contributed by atoms with E-state index in [1.807, 2.05) is 0 Å². The Morgan fingerprint density at radius 3 is 2.79 bits per heavy atom. The van der Waals surface area contributed by atoms with Crippen LogP contribution in [-0.2, 0) is 6.42 Å². The molecular weight excluding hydrogens is 174 g/mol. The second-order valence-electron chi connectivity index (χ2n) is 4.23. The van der Waals surface area contributed by atoms with Gasteiger partial charge < -0.3 is 5.73 Å². The highest BCUT2D eigenvalue weighted by molar-refractivity contribution is 5.28. The summed E-state index contributed by atoms with van der Waals surface area (Å²) in [6, 6.07) is 0. The molecule has 0 atom stereocenters. The van der Waals surface area contributed by atoms with Crippen molar-refractivity contribution in [1.29, 1.82) is 0 Å². The fraction of sp³-hybridized carbons (Fsp3) is 0.727. The predicted octanol–water partition coefficient (Wildman–Crippen LogP) is 1.88. The highest BCUT2D eigenvalue weighted by atomic mass is 15.1. The summed E-state index contributed by atoms with van der Waals surface area (Å²) in [5, 5.41) is 7.53. The minimum atomic E-state index is 0.696. The maximum Gasteiger partial charge on any atom is 0.0688 e. The summed E-state index contributed by atoms with van der Waals surface area (Å²) in [6.45, 7) is 2.82. The molecule has 0 unspecified atom stereocenters. The molecule has 1 fully saturated rings. The number of aromatic nitrogens is 2. The Morgan fingerprint density at radius 1 is 1.43 bits per heavy atom. The first-order chi connectivity index (χ1) is 6.83. The van der Waals surface area contributed by atoms with Crippen LogP contribution in [0.5, 0.6) is 0 Å². The molecule has 1 aliphatic carbocycles. The zero-order valence-corrected chi connectivity index (χ0v) is 8.84. The number of H-pyrrole nitrogens is 1.